The molecule has 0 fully saturated rings. The minimum absolute atomic E-state index is 0.00480. The van der Waals surface area contributed by atoms with E-state index in [2.05, 4.69) is 0 Å². The van der Waals surface area contributed by atoms with Crippen molar-refractivity contribution in [3.63, 3.8) is 0 Å². The zero-order chi connectivity index (χ0) is 42.8. The van der Waals surface area contributed by atoms with Crippen molar-refractivity contribution in [3.05, 3.63) is 169 Å². The molecule has 1 aromatic heterocycles. The van der Waals surface area contributed by atoms with E-state index in [0.717, 1.165) is 0 Å². The number of fused-ring (bicyclic) bond motifs is 5. The van der Waals surface area contributed by atoms with Crippen molar-refractivity contribution >= 4 is 43.5 Å². The van der Waals surface area contributed by atoms with Crippen LogP contribution in [-0.2, 0) is 0 Å². The Labute approximate surface area is 282 Å². The number of hydrogen-bond acceptors (Lipinski definition) is 1. The van der Waals surface area contributed by atoms with Crippen LogP contribution in [0.2, 0.25) is 0 Å². The lowest BCUT2D eigenvalue weighted by Gasteiger charge is -2.20. The van der Waals surface area contributed by atoms with Gasteiger partial charge in [0.2, 0.25) is 0 Å². The highest BCUT2D eigenvalue weighted by Gasteiger charge is 2.23. The Bertz CT molecular complexity index is 3260. The summed E-state index contributed by atoms with van der Waals surface area (Å²) in [7, 11) is 0. The van der Waals surface area contributed by atoms with E-state index in [1.54, 1.807) is 78.9 Å². The molecule has 210 valence electrons. The third-order valence-corrected chi connectivity index (χ3v) is 8.00. The van der Waals surface area contributed by atoms with Crippen LogP contribution in [0.5, 0.6) is 0 Å². The first-order chi connectivity index (χ1) is 28.6. The summed E-state index contributed by atoms with van der Waals surface area (Å²) in [6.07, 6.45) is 0. The Kier molecular flexibility index (Phi) is 3.39. The van der Waals surface area contributed by atoms with Crippen molar-refractivity contribution in [2.45, 2.75) is 0 Å². The van der Waals surface area contributed by atoms with Crippen LogP contribution in [0.25, 0.3) is 88.0 Å². The lowest BCUT2D eigenvalue weighted by Crippen LogP contribution is -1.93. The van der Waals surface area contributed by atoms with Crippen LogP contribution < -0.4 is 0 Å². The molecule has 1 nitrogen and oxygen atoms in total. The second-order valence-corrected chi connectivity index (χ2v) is 10.5. The Morgan fingerprint density at radius 1 is 0.356 bits per heavy atom. The van der Waals surface area contributed by atoms with Crippen molar-refractivity contribution in [1.82, 2.24) is 0 Å². The normalized spacial score (nSPS) is 16.2. The van der Waals surface area contributed by atoms with E-state index in [1.807, 2.05) is 0 Å². The second kappa shape index (κ2) is 10.4. The first-order valence-corrected chi connectivity index (χ1v) is 14.2. The predicted molar refractivity (Wildman–Crippen MR) is 190 cm³/mol. The van der Waals surface area contributed by atoms with Crippen molar-refractivity contribution in [2.24, 2.45) is 0 Å². The third kappa shape index (κ3) is 4.09. The number of hydrogen-bond donors (Lipinski definition) is 0. The summed E-state index contributed by atoms with van der Waals surface area (Å²) in [6.45, 7) is 0. The smallest absolute Gasteiger partial charge is 0.136 e. The summed E-state index contributed by atoms with van der Waals surface area (Å²) in [5, 5.41) is 1.39. The van der Waals surface area contributed by atoms with Gasteiger partial charge in [-0.1, -0.05) is 157 Å². The standard InChI is InChI=1S/C44H28O/c1-3-13-29(14-4-1)30-23-25-32(26-24-30)41-34-17-7-9-19-36(34)42(37-20-10-8-18-35(37)41)44-33(31-15-5-2-6-16-31)27-28-40-43(44)38-21-11-12-22-39(38)45-40/h1-28H/i2D,5D,6D,11D,12D,15D,16D,21D,22D,23D,24D,25D,26D,27D,28D. The molecule has 0 aliphatic rings. The van der Waals surface area contributed by atoms with E-state index in [9.17, 15) is 5.48 Å². The van der Waals surface area contributed by atoms with Crippen LogP contribution in [0.1, 0.15) is 20.6 Å². The third-order valence-electron chi connectivity index (χ3n) is 8.00. The molecule has 0 aliphatic heterocycles. The largest absolute Gasteiger partial charge is 0.456 e. The summed E-state index contributed by atoms with van der Waals surface area (Å²) < 4.78 is 140. The summed E-state index contributed by atoms with van der Waals surface area (Å²) in [6, 6.07) is 14.4. The summed E-state index contributed by atoms with van der Waals surface area (Å²) in [5.74, 6) is 0. The molecule has 0 saturated carbocycles. The Hall–Kier alpha value is -5.92. The average Bonchev–Trinajstić information content (AvgIpc) is 3.66. The highest BCUT2D eigenvalue weighted by molar-refractivity contribution is 6.27. The van der Waals surface area contributed by atoms with Gasteiger partial charge in [0, 0.05) is 16.3 Å². The lowest BCUT2D eigenvalue weighted by atomic mass is 9.82. The van der Waals surface area contributed by atoms with Gasteiger partial charge in [-0.2, -0.15) is 0 Å². The van der Waals surface area contributed by atoms with Gasteiger partial charge in [0.05, 0.1) is 20.6 Å². The van der Waals surface area contributed by atoms with Crippen molar-refractivity contribution in [1.29, 1.82) is 0 Å². The number of benzene rings is 8. The van der Waals surface area contributed by atoms with E-state index in [1.165, 1.54) is 0 Å². The summed E-state index contributed by atoms with van der Waals surface area (Å²) >= 11 is 0. The zero-order valence-corrected chi connectivity index (χ0v) is 23.4. The zero-order valence-electron chi connectivity index (χ0n) is 38.4. The van der Waals surface area contributed by atoms with Crippen LogP contribution >= 0.6 is 0 Å². The topological polar surface area (TPSA) is 13.1 Å². The molecule has 0 N–H and O–H groups in total. The minimum atomic E-state index is -0.700. The molecular weight excluding hydrogens is 544 g/mol. The number of rotatable bonds is 4. The fourth-order valence-electron chi connectivity index (χ4n) is 6.12. The first-order valence-electron chi connectivity index (χ1n) is 21.7. The highest BCUT2D eigenvalue weighted by Crippen LogP contribution is 2.50. The van der Waals surface area contributed by atoms with Gasteiger partial charge in [-0.05, 0) is 72.6 Å². The van der Waals surface area contributed by atoms with Crippen molar-refractivity contribution in [2.75, 3.05) is 0 Å². The maximum atomic E-state index is 9.50. The molecule has 9 aromatic rings. The van der Waals surface area contributed by atoms with E-state index in [0.29, 0.717) is 32.7 Å². The maximum Gasteiger partial charge on any atom is 0.136 e. The molecule has 45 heavy (non-hydrogen) atoms. The molecule has 0 unspecified atom stereocenters. The van der Waals surface area contributed by atoms with Crippen LogP contribution in [0, 0.1) is 0 Å². The Morgan fingerprint density at radius 2 is 0.933 bits per heavy atom. The molecule has 0 aliphatic carbocycles. The molecule has 8 aromatic carbocycles. The number of furan rings is 1. The minimum Gasteiger partial charge on any atom is -0.456 e. The molecule has 0 atom stereocenters. The molecule has 0 amide bonds. The van der Waals surface area contributed by atoms with E-state index >= 15 is 0 Å². The second-order valence-electron chi connectivity index (χ2n) is 10.5. The first kappa shape index (κ1) is 14.7. The quantitative estimate of drug-likeness (QED) is 0.187. The molecule has 0 bridgehead atoms. The van der Waals surface area contributed by atoms with E-state index in [-0.39, 0.29) is 73.9 Å². The summed E-state index contributed by atoms with van der Waals surface area (Å²) in [4.78, 5) is 0. The maximum absolute atomic E-state index is 9.50. The molecule has 1 heterocycles. The van der Waals surface area contributed by atoms with Crippen LogP contribution in [0.15, 0.2) is 174 Å². The monoisotopic (exact) mass is 587 g/mol. The highest BCUT2D eigenvalue weighted by atomic mass is 16.3. The van der Waals surface area contributed by atoms with E-state index in [4.69, 9.17) is 19.5 Å². The van der Waals surface area contributed by atoms with Crippen molar-refractivity contribution in [3.8, 4) is 44.5 Å². The summed E-state index contributed by atoms with van der Waals surface area (Å²) in [5.41, 5.74) is -0.0571. The van der Waals surface area contributed by atoms with Crippen LogP contribution in [0.3, 0.4) is 0 Å². The van der Waals surface area contributed by atoms with E-state index < -0.39 is 72.0 Å². The molecule has 0 saturated heterocycles. The van der Waals surface area contributed by atoms with Crippen molar-refractivity contribution < 1.29 is 25.0 Å². The van der Waals surface area contributed by atoms with Crippen LogP contribution in [0.4, 0.5) is 0 Å². The SMILES string of the molecule is [2H]c1c([2H])c([2H])c(-c2c([2H])c([2H])c3oc4c([2H])c([2H])c([2H])c([2H])c4c3c2-c2c3ccccc3c(-c3c([2H])c([2H])c(-c4ccccc4)c([2H])c3[2H])c3ccccc23)c([2H])c1[2H]. The van der Waals surface area contributed by atoms with Gasteiger partial charge in [0.1, 0.15) is 11.2 Å². The van der Waals surface area contributed by atoms with Gasteiger partial charge in [0.25, 0.3) is 0 Å². The molecule has 1 heteroatoms. The predicted octanol–water partition coefficient (Wildman–Crippen LogP) is 12.6. The Morgan fingerprint density at radius 3 is 1.62 bits per heavy atom. The van der Waals surface area contributed by atoms with Gasteiger partial charge in [0.15, 0.2) is 0 Å². The fraction of sp³-hybridized carbons (Fsp3) is 0. The fourth-order valence-corrected chi connectivity index (χ4v) is 6.12. The van der Waals surface area contributed by atoms with Gasteiger partial charge in [-0.15, -0.1) is 0 Å². The lowest BCUT2D eigenvalue weighted by molar-refractivity contribution is 0.669. The molecule has 0 spiro atoms. The van der Waals surface area contributed by atoms with Gasteiger partial charge < -0.3 is 4.42 Å². The number of para-hydroxylation sites is 1. The molecule has 9 rings (SSSR count). The van der Waals surface area contributed by atoms with Gasteiger partial charge in [-0.3, -0.25) is 0 Å². The van der Waals surface area contributed by atoms with Crippen LogP contribution in [-0.4, -0.2) is 0 Å². The van der Waals surface area contributed by atoms with Gasteiger partial charge in [-0.25, -0.2) is 0 Å². The molecule has 0 radical (unpaired) electrons. The molecular formula is C44H28O. The van der Waals surface area contributed by atoms with Gasteiger partial charge >= 0.3 is 0 Å². The average molecular weight is 588 g/mol. The Balaban J connectivity index is 1.56.